The lowest BCUT2D eigenvalue weighted by Gasteiger charge is -2.13. The number of hydrogen-bond donors (Lipinski definition) is 1. The molecule has 0 bridgehead atoms. The first kappa shape index (κ1) is 11.6. The number of carbonyl (C=O) groups excluding carboxylic acids is 1. The van der Waals surface area contributed by atoms with Crippen molar-refractivity contribution in [3.63, 3.8) is 0 Å². The van der Waals surface area contributed by atoms with E-state index in [4.69, 9.17) is 5.73 Å². The predicted molar refractivity (Wildman–Crippen MR) is 51.9 cm³/mol. The summed E-state index contributed by atoms with van der Waals surface area (Å²) in [4.78, 5) is 11.4. The van der Waals surface area contributed by atoms with Crippen LogP contribution in [0.3, 0.4) is 0 Å². The van der Waals surface area contributed by atoms with Gasteiger partial charge in [-0.25, -0.2) is 0 Å². The molecule has 0 fully saturated rings. The summed E-state index contributed by atoms with van der Waals surface area (Å²) in [5.74, 6) is 1.14. The molecule has 0 aromatic rings. The van der Waals surface area contributed by atoms with Gasteiger partial charge in [-0.1, -0.05) is 27.7 Å². The van der Waals surface area contributed by atoms with Crippen molar-refractivity contribution in [2.75, 3.05) is 0 Å². The molecule has 0 amide bonds. The van der Waals surface area contributed by atoms with Gasteiger partial charge in [0, 0.05) is 6.42 Å². The van der Waals surface area contributed by atoms with Crippen LogP contribution in [-0.2, 0) is 4.79 Å². The number of hydrogen-bond acceptors (Lipinski definition) is 2. The van der Waals surface area contributed by atoms with Gasteiger partial charge in [-0.15, -0.1) is 0 Å². The average Bonchev–Trinajstić information content (AvgIpc) is 1.84. The maximum Gasteiger partial charge on any atom is 0.149 e. The maximum absolute atomic E-state index is 11.4. The maximum atomic E-state index is 11.4. The first-order valence-corrected chi connectivity index (χ1v) is 4.71. The summed E-state index contributed by atoms with van der Waals surface area (Å²) in [6.07, 6.45) is 1.43. The minimum atomic E-state index is -0.243. The second-order valence-electron chi connectivity index (χ2n) is 4.30. The summed E-state index contributed by atoms with van der Waals surface area (Å²) < 4.78 is 0. The van der Waals surface area contributed by atoms with Crippen LogP contribution in [0.1, 0.15) is 40.5 Å². The minimum absolute atomic E-state index is 0.207. The highest BCUT2D eigenvalue weighted by atomic mass is 16.1. The summed E-state index contributed by atoms with van der Waals surface area (Å²) in [5.41, 5.74) is 5.72. The molecule has 0 aliphatic rings. The zero-order chi connectivity index (χ0) is 9.72. The highest BCUT2D eigenvalue weighted by Gasteiger charge is 2.15. The van der Waals surface area contributed by atoms with Crippen LogP contribution in [0.4, 0.5) is 0 Å². The van der Waals surface area contributed by atoms with Crippen LogP contribution in [0.5, 0.6) is 0 Å². The van der Waals surface area contributed by atoms with Crippen molar-refractivity contribution in [1.82, 2.24) is 0 Å². The van der Waals surface area contributed by atoms with E-state index in [1.54, 1.807) is 0 Å². The molecular weight excluding hydrogens is 150 g/mol. The number of ketones is 1. The molecule has 0 rings (SSSR count). The molecule has 12 heavy (non-hydrogen) atoms. The quantitative estimate of drug-likeness (QED) is 0.687. The van der Waals surface area contributed by atoms with Gasteiger partial charge in [-0.05, 0) is 18.3 Å². The van der Waals surface area contributed by atoms with Gasteiger partial charge in [0.2, 0.25) is 0 Å². The summed E-state index contributed by atoms with van der Waals surface area (Å²) in [6, 6.07) is -0.243. The Morgan fingerprint density at radius 1 is 1.17 bits per heavy atom. The van der Waals surface area contributed by atoms with E-state index in [-0.39, 0.29) is 11.8 Å². The molecule has 0 saturated heterocycles. The lowest BCUT2D eigenvalue weighted by atomic mass is 9.96. The Morgan fingerprint density at radius 3 is 2.00 bits per heavy atom. The van der Waals surface area contributed by atoms with E-state index in [9.17, 15) is 4.79 Å². The van der Waals surface area contributed by atoms with Crippen molar-refractivity contribution in [3.8, 4) is 0 Å². The van der Waals surface area contributed by atoms with Crippen molar-refractivity contribution in [3.05, 3.63) is 0 Å². The molecule has 0 aliphatic carbocycles. The normalized spacial score (nSPS) is 13.9. The molecule has 0 saturated carbocycles. The van der Waals surface area contributed by atoms with E-state index in [0.29, 0.717) is 18.3 Å². The third kappa shape index (κ3) is 5.30. The molecule has 0 radical (unpaired) electrons. The van der Waals surface area contributed by atoms with Crippen molar-refractivity contribution < 1.29 is 4.79 Å². The van der Waals surface area contributed by atoms with Crippen molar-refractivity contribution in [2.24, 2.45) is 17.6 Å². The van der Waals surface area contributed by atoms with Gasteiger partial charge in [0.1, 0.15) is 5.78 Å². The Bertz CT molecular complexity index is 141. The van der Waals surface area contributed by atoms with Gasteiger partial charge in [0.15, 0.2) is 0 Å². The van der Waals surface area contributed by atoms with Crippen molar-refractivity contribution in [2.45, 2.75) is 46.6 Å². The predicted octanol–water partition coefficient (Wildman–Crippen LogP) is 1.98. The molecule has 1 atom stereocenters. The van der Waals surface area contributed by atoms with Crippen LogP contribution in [0.25, 0.3) is 0 Å². The summed E-state index contributed by atoms with van der Waals surface area (Å²) in [5, 5.41) is 0. The minimum Gasteiger partial charge on any atom is -0.322 e. The lowest BCUT2D eigenvalue weighted by molar-refractivity contribution is -0.121. The first-order chi connectivity index (χ1) is 5.43. The molecule has 2 nitrogen and oxygen atoms in total. The van der Waals surface area contributed by atoms with E-state index in [2.05, 4.69) is 13.8 Å². The molecule has 0 heterocycles. The van der Waals surface area contributed by atoms with Gasteiger partial charge in [0.05, 0.1) is 6.04 Å². The average molecular weight is 171 g/mol. The molecular formula is C10H21NO. The third-order valence-electron chi connectivity index (χ3n) is 1.75. The second-order valence-corrected chi connectivity index (χ2v) is 4.30. The Morgan fingerprint density at radius 2 is 1.67 bits per heavy atom. The first-order valence-electron chi connectivity index (χ1n) is 4.71. The number of nitrogens with two attached hydrogens (primary N) is 1. The lowest BCUT2D eigenvalue weighted by Crippen LogP contribution is -2.32. The number of carbonyl (C=O) groups is 1. The van der Waals surface area contributed by atoms with E-state index in [1.165, 1.54) is 0 Å². The fourth-order valence-electron chi connectivity index (χ4n) is 1.19. The SMILES string of the molecule is CC(C)CC(=O)C(N)CC(C)C. The van der Waals surface area contributed by atoms with E-state index in [0.717, 1.165) is 6.42 Å². The second kappa shape index (κ2) is 5.31. The number of Topliss-reactive ketones (excluding diaryl/α,β-unsaturated/α-hetero) is 1. The van der Waals surface area contributed by atoms with Crippen LogP contribution in [0.15, 0.2) is 0 Å². The highest BCUT2D eigenvalue weighted by Crippen LogP contribution is 2.08. The molecule has 1 unspecified atom stereocenters. The molecule has 72 valence electrons. The summed E-state index contributed by atoms with van der Waals surface area (Å²) >= 11 is 0. The van der Waals surface area contributed by atoms with Gasteiger partial charge in [-0.2, -0.15) is 0 Å². The molecule has 2 heteroatoms. The fraction of sp³-hybridized carbons (Fsp3) is 0.900. The van der Waals surface area contributed by atoms with Crippen LogP contribution >= 0.6 is 0 Å². The van der Waals surface area contributed by atoms with Gasteiger partial charge < -0.3 is 5.73 Å². The fourth-order valence-corrected chi connectivity index (χ4v) is 1.19. The standard InChI is InChI=1S/C10H21NO/c1-7(2)5-9(11)10(12)6-8(3)4/h7-9H,5-6,11H2,1-4H3. The largest absolute Gasteiger partial charge is 0.322 e. The molecule has 0 spiro atoms. The van der Waals surface area contributed by atoms with Crippen LogP contribution in [-0.4, -0.2) is 11.8 Å². The third-order valence-corrected chi connectivity index (χ3v) is 1.75. The topological polar surface area (TPSA) is 43.1 Å². The van der Waals surface area contributed by atoms with Crippen LogP contribution < -0.4 is 5.73 Å². The Balaban J connectivity index is 3.77. The van der Waals surface area contributed by atoms with Crippen molar-refractivity contribution >= 4 is 5.78 Å². The zero-order valence-electron chi connectivity index (χ0n) is 8.63. The zero-order valence-corrected chi connectivity index (χ0v) is 8.63. The Labute approximate surface area is 75.5 Å². The van der Waals surface area contributed by atoms with Gasteiger partial charge in [-0.3, -0.25) is 4.79 Å². The van der Waals surface area contributed by atoms with Crippen LogP contribution in [0.2, 0.25) is 0 Å². The molecule has 0 aliphatic heterocycles. The highest BCUT2D eigenvalue weighted by molar-refractivity contribution is 5.83. The van der Waals surface area contributed by atoms with Crippen LogP contribution in [0, 0.1) is 11.8 Å². The van der Waals surface area contributed by atoms with Gasteiger partial charge >= 0.3 is 0 Å². The molecule has 0 aromatic heterocycles. The Kier molecular flexibility index (Phi) is 5.14. The molecule has 2 N–H and O–H groups in total. The number of rotatable bonds is 5. The Hall–Kier alpha value is -0.370. The van der Waals surface area contributed by atoms with Gasteiger partial charge in [0.25, 0.3) is 0 Å². The van der Waals surface area contributed by atoms with E-state index < -0.39 is 0 Å². The van der Waals surface area contributed by atoms with E-state index in [1.807, 2.05) is 13.8 Å². The monoisotopic (exact) mass is 171 g/mol. The molecule has 0 aromatic carbocycles. The summed E-state index contributed by atoms with van der Waals surface area (Å²) in [6.45, 7) is 8.25. The summed E-state index contributed by atoms with van der Waals surface area (Å²) in [7, 11) is 0. The smallest absolute Gasteiger partial charge is 0.149 e. The van der Waals surface area contributed by atoms with E-state index >= 15 is 0 Å². The van der Waals surface area contributed by atoms with Crippen molar-refractivity contribution in [1.29, 1.82) is 0 Å².